The number of carbonyl (C=O) groups is 2. The van der Waals surface area contributed by atoms with Gasteiger partial charge in [0.05, 0.1) is 12.8 Å². The summed E-state index contributed by atoms with van der Waals surface area (Å²) >= 11 is 0. The zero-order chi connectivity index (χ0) is 18.9. The molecule has 3 rings (SSSR count). The molecule has 7 heteroatoms. The van der Waals surface area contributed by atoms with Gasteiger partial charge in [-0.3, -0.25) is 9.59 Å². The molecule has 7 nitrogen and oxygen atoms in total. The second-order valence-corrected chi connectivity index (χ2v) is 7.23. The fraction of sp³-hybridized carbons (Fsp3) is 0.579. The summed E-state index contributed by atoms with van der Waals surface area (Å²) in [6.45, 7) is 3.40. The van der Waals surface area contributed by atoms with E-state index in [2.05, 4.69) is 4.90 Å². The normalized spacial score (nSPS) is 22.0. The molecule has 2 aliphatic heterocycles. The Morgan fingerprint density at radius 3 is 2.42 bits per heavy atom. The summed E-state index contributed by atoms with van der Waals surface area (Å²) in [6, 6.07) is 9.31. The van der Waals surface area contributed by atoms with Crippen molar-refractivity contribution in [3.63, 3.8) is 0 Å². The van der Waals surface area contributed by atoms with Gasteiger partial charge in [-0.05, 0) is 31.9 Å². The van der Waals surface area contributed by atoms with Crippen LogP contribution in [0.15, 0.2) is 30.3 Å². The van der Waals surface area contributed by atoms with Gasteiger partial charge in [-0.25, -0.2) is 0 Å². The summed E-state index contributed by atoms with van der Waals surface area (Å²) in [7, 11) is 3.38. The average molecular weight is 360 g/mol. The molecule has 142 valence electrons. The summed E-state index contributed by atoms with van der Waals surface area (Å²) in [5.41, 5.74) is 6.47. The van der Waals surface area contributed by atoms with Crippen molar-refractivity contribution in [3.05, 3.63) is 30.3 Å². The second-order valence-electron chi connectivity index (χ2n) is 7.23. The van der Waals surface area contributed by atoms with Crippen LogP contribution in [-0.2, 0) is 14.3 Å². The van der Waals surface area contributed by atoms with Crippen molar-refractivity contribution in [1.82, 2.24) is 9.80 Å². The zero-order valence-electron chi connectivity index (χ0n) is 15.7. The number of methoxy groups -OCH3 is 1. The van der Waals surface area contributed by atoms with Crippen molar-refractivity contribution in [2.45, 2.75) is 37.5 Å². The molecular formula is C19H28N4O3. The summed E-state index contributed by atoms with van der Waals surface area (Å²) in [5, 5.41) is 0. The van der Waals surface area contributed by atoms with Crippen molar-refractivity contribution < 1.29 is 14.3 Å². The van der Waals surface area contributed by atoms with E-state index in [1.165, 1.54) is 0 Å². The number of likely N-dealkylation sites (N-methyl/N-ethyl adjacent to an activating group) is 1. The number of hydrogen-bond donors (Lipinski definition) is 1. The molecule has 26 heavy (non-hydrogen) atoms. The maximum absolute atomic E-state index is 13.0. The Balaban J connectivity index is 1.77. The number of amides is 2. The predicted molar refractivity (Wildman–Crippen MR) is 99.5 cm³/mol. The van der Waals surface area contributed by atoms with E-state index in [0.29, 0.717) is 32.6 Å². The first-order chi connectivity index (χ1) is 12.4. The monoisotopic (exact) mass is 360 g/mol. The number of benzene rings is 1. The number of rotatable bonds is 4. The Labute approximate surface area is 154 Å². The van der Waals surface area contributed by atoms with E-state index in [-0.39, 0.29) is 17.9 Å². The molecule has 0 bridgehead atoms. The van der Waals surface area contributed by atoms with Gasteiger partial charge < -0.3 is 25.2 Å². The van der Waals surface area contributed by atoms with Crippen LogP contribution in [0.4, 0.5) is 5.69 Å². The Morgan fingerprint density at radius 2 is 1.85 bits per heavy atom. The van der Waals surface area contributed by atoms with Gasteiger partial charge in [-0.15, -0.1) is 0 Å². The molecule has 0 aromatic heterocycles. The first-order valence-electron chi connectivity index (χ1n) is 9.06. The molecule has 1 aromatic carbocycles. The van der Waals surface area contributed by atoms with Crippen LogP contribution in [-0.4, -0.2) is 73.2 Å². The molecule has 0 aliphatic carbocycles. The van der Waals surface area contributed by atoms with Crippen LogP contribution in [0.5, 0.6) is 0 Å². The van der Waals surface area contributed by atoms with Crippen LogP contribution < -0.4 is 10.6 Å². The molecule has 2 N–H and O–H groups in total. The molecule has 2 aliphatic rings. The highest BCUT2D eigenvalue weighted by Gasteiger charge is 2.53. The Hall–Kier alpha value is -2.12. The Morgan fingerprint density at radius 1 is 1.23 bits per heavy atom. The topological polar surface area (TPSA) is 79.1 Å². The van der Waals surface area contributed by atoms with Gasteiger partial charge in [0.2, 0.25) is 11.8 Å². The number of carbonyl (C=O) groups excluding carboxylic acids is 2. The Bertz CT molecular complexity index is 658. The van der Waals surface area contributed by atoms with E-state index in [0.717, 1.165) is 5.69 Å². The molecular weight excluding hydrogens is 332 g/mol. The van der Waals surface area contributed by atoms with Crippen LogP contribution >= 0.6 is 0 Å². The van der Waals surface area contributed by atoms with Gasteiger partial charge in [0.1, 0.15) is 11.6 Å². The summed E-state index contributed by atoms with van der Waals surface area (Å²) in [5.74, 6) is 0.0160. The largest absolute Gasteiger partial charge is 0.380 e. The van der Waals surface area contributed by atoms with Gasteiger partial charge in [0.15, 0.2) is 0 Å². The van der Waals surface area contributed by atoms with Crippen LogP contribution in [0.1, 0.15) is 19.8 Å². The zero-order valence-corrected chi connectivity index (χ0v) is 15.7. The quantitative estimate of drug-likeness (QED) is 0.853. The number of piperidine rings is 1. The third-order valence-corrected chi connectivity index (χ3v) is 5.75. The lowest BCUT2D eigenvalue weighted by Gasteiger charge is -2.44. The third-order valence-electron chi connectivity index (χ3n) is 5.75. The summed E-state index contributed by atoms with van der Waals surface area (Å²) in [6.07, 6.45) is 0.869. The van der Waals surface area contributed by atoms with E-state index in [1.807, 2.05) is 37.4 Å². The molecule has 2 saturated heterocycles. The van der Waals surface area contributed by atoms with Gasteiger partial charge in [-0.1, -0.05) is 18.2 Å². The maximum atomic E-state index is 13.0. The fourth-order valence-electron chi connectivity index (χ4n) is 3.96. The molecule has 2 atom stereocenters. The molecule has 2 fully saturated rings. The van der Waals surface area contributed by atoms with Gasteiger partial charge in [0, 0.05) is 32.9 Å². The van der Waals surface area contributed by atoms with E-state index >= 15 is 0 Å². The van der Waals surface area contributed by atoms with Gasteiger partial charge in [-0.2, -0.15) is 0 Å². The lowest BCUT2D eigenvalue weighted by atomic mass is 9.85. The molecule has 0 saturated carbocycles. The highest BCUT2D eigenvalue weighted by Crippen LogP contribution is 2.38. The van der Waals surface area contributed by atoms with E-state index in [4.69, 9.17) is 10.5 Å². The minimum absolute atomic E-state index is 0.112. The number of ether oxygens (including phenoxy) is 1. The Kier molecular flexibility index (Phi) is 5.20. The third kappa shape index (κ3) is 3.05. The highest BCUT2D eigenvalue weighted by molar-refractivity contribution is 5.94. The summed E-state index contributed by atoms with van der Waals surface area (Å²) < 4.78 is 5.18. The standard InChI is InChI=1S/C19H28N4O3/c1-14(26-3)16(20)17(24)22-11-9-19(10-12-22)18(25)21(2)13-23(19)15-7-5-4-6-8-15/h4-8,14,16H,9-13,20H2,1-3H3/t14-,16+/m0/s1. The van der Waals surface area contributed by atoms with Gasteiger partial charge >= 0.3 is 0 Å². The number of nitrogens with zero attached hydrogens (tertiary/aromatic N) is 3. The highest BCUT2D eigenvalue weighted by atomic mass is 16.5. The lowest BCUT2D eigenvalue weighted by Crippen LogP contribution is -2.59. The number of nitrogens with two attached hydrogens (primary N) is 1. The van der Waals surface area contributed by atoms with E-state index in [1.54, 1.807) is 23.8 Å². The number of hydrogen-bond acceptors (Lipinski definition) is 5. The van der Waals surface area contributed by atoms with Crippen LogP contribution in [0.3, 0.4) is 0 Å². The van der Waals surface area contributed by atoms with Crippen molar-refractivity contribution in [2.24, 2.45) is 5.73 Å². The minimum Gasteiger partial charge on any atom is -0.380 e. The molecule has 0 unspecified atom stereocenters. The number of para-hydroxylation sites is 1. The molecule has 1 aromatic rings. The molecule has 2 amide bonds. The SMILES string of the molecule is CO[C@@H](C)[C@@H](N)C(=O)N1CCC2(CC1)C(=O)N(C)CN2c1ccccc1. The van der Waals surface area contributed by atoms with Crippen molar-refractivity contribution in [2.75, 3.05) is 38.8 Å². The second kappa shape index (κ2) is 7.25. The first kappa shape index (κ1) is 18.7. The van der Waals surface area contributed by atoms with Crippen molar-refractivity contribution in [1.29, 1.82) is 0 Å². The van der Waals surface area contributed by atoms with Gasteiger partial charge in [0.25, 0.3) is 0 Å². The fourth-order valence-corrected chi connectivity index (χ4v) is 3.96. The molecule has 0 radical (unpaired) electrons. The maximum Gasteiger partial charge on any atom is 0.249 e. The molecule has 1 spiro atoms. The molecule has 2 heterocycles. The smallest absolute Gasteiger partial charge is 0.249 e. The average Bonchev–Trinajstić information content (AvgIpc) is 2.92. The van der Waals surface area contributed by atoms with E-state index < -0.39 is 11.6 Å². The van der Waals surface area contributed by atoms with Crippen LogP contribution in [0.2, 0.25) is 0 Å². The summed E-state index contributed by atoms with van der Waals surface area (Å²) in [4.78, 5) is 31.3. The van der Waals surface area contributed by atoms with Crippen molar-refractivity contribution in [3.8, 4) is 0 Å². The van der Waals surface area contributed by atoms with E-state index in [9.17, 15) is 9.59 Å². The van der Waals surface area contributed by atoms with Crippen molar-refractivity contribution >= 4 is 17.5 Å². The number of likely N-dealkylation sites (tertiary alicyclic amines) is 1. The lowest BCUT2D eigenvalue weighted by molar-refractivity contribution is -0.140. The first-order valence-corrected chi connectivity index (χ1v) is 9.06. The predicted octanol–water partition coefficient (Wildman–Crippen LogP) is 0.646. The van der Waals surface area contributed by atoms with Crippen LogP contribution in [0, 0.1) is 0 Å². The minimum atomic E-state index is -0.679. The number of anilines is 1. The van der Waals surface area contributed by atoms with Crippen LogP contribution in [0.25, 0.3) is 0 Å².